The third-order valence-corrected chi connectivity index (χ3v) is 2.80. The summed E-state index contributed by atoms with van der Waals surface area (Å²) < 4.78 is 0. The van der Waals surface area contributed by atoms with Crippen LogP contribution in [0, 0.1) is 0 Å². The summed E-state index contributed by atoms with van der Waals surface area (Å²) in [6, 6.07) is 8.39. The molecule has 1 nitrogen and oxygen atoms in total. The van der Waals surface area contributed by atoms with Crippen molar-refractivity contribution >= 4 is 5.57 Å². The van der Waals surface area contributed by atoms with Gasteiger partial charge < -0.3 is 5.73 Å². The lowest BCUT2D eigenvalue weighted by Crippen LogP contribution is -2.05. The van der Waals surface area contributed by atoms with E-state index >= 15 is 0 Å². The van der Waals surface area contributed by atoms with Gasteiger partial charge in [0.05, 0.1) is 0 Å². The average Bonchev–Trinajstić information content (AvgIpc) is 2.27. The minimum absolute atomic E-state index is 0.217. The van der Waals surface area contributed by atoms with Crippen molar-refractivity contribution in [2.24, 2.45) is 5.73 Å². The van der Waals surface area contributed by atoms with Gasteiger partial charge in [0, 0.05) is 11.6 Å². The van der Waals surface area contributed by atoms with E-state index in [9.17, 15) is 0 Å². The smallest absolute Gasteiger partial charge is 0.0201 e. The van der Waals surface area contributed by atoms with Crippen molar-refractivity contribution in [3.05, 3.63) is 54.2 Å². The molecule has 1 aromatic rings. The van der Waals surface area contributed by atoms with Crippen LogP contribution in [0.5, 0.6) is 0 Å². The molecule has 0 spiro atoms. The molecule has 0 saturated carbocycles. The highest BCUT2D eigenvalue weighted by Gasteiger charge is 2.06. The summed E-state index contributed by atoms with van der Waals surface area (Å²) in [5.74, 6) is 0.217. The molecule has 1 atom stereocenters. The molecule has 0 saturated heterocycles. The Hall–Kier alpha value is -1.50. The van der Waals surface area contributed by atoms with E-state index in [0.29, 0.717) is 5.70 Å². The molecule has 0 heterocycles. The van der Waals surface area contributed by atoms with Crippen molar-refractivity contribution in [3.63, 3.8) is 0 Å². The molecule has 0 aliphatic carbocycles. The average molecular weight is 201 g/mol. The molecule has 1 unspecified atom stereocenters. The van der Waals surface area contributed by atoms with Gasteiger partial charge in [0.25, 0.3) is 0 Å². The first-order chi connectivity index (χ1) is 7.06. The van der Waals surface area contributed by atoms with Crippen molar-refractivity contribution in [3.8, 4) is 0 Å². The van der Waals surface area contributed by atoms with Gasteiger partial charge in [0.1, 0.15) is 0 Å². The Bertz CT molecular complexity index is 359. The van der Waals surface area contributed by atoms with Gasteiger partial charge in [-0.05, 0) is 23.1 Å². The number of allylic oxidation sites excluding steroid dienone is 2. The Morgan fingerprint density at radius 3 is 2.20 bits per heavy atom. The summed E-state index contributed by atoms with van der Waals surface area (Å²) in [5, 5.41) is 0. The summed E-state index contributed by atoms with van der Waals surface area (Å²) >= 11 is 0. The molecule has 0 radical (unpaired) electrons. The van der Waals surface area contributed by atoms with E-state index < -0.39 is 0 Å². The molecule has 0 amide bonds. The number of rotatable bonds is 4. The summed E-state index contributed by atoms with van der Waals surface area (Å²) in [7, 11) is 0. The first-order valence-corrected chi connectivity index (χ1v) is 5.28. The fourth-order valence-corrected chi connectivity index (χ4v) is 1.43. The van der Waals surface area contributed by atoms with Gasteiger partial charge in [-0.25, -0.2) is 0 Å². The zero-order chi connectivity index (χ0) is 11.4. The number of hydrogen-bond acceptors (Lipinski definition) is 1. The fourth-order valence-electron chi connectivity index (χ4n) is 1.43. The van der Waals surface area contributed by atoms with Crippen LogP contribution in [0.15, 0.2) is 43.1 Å². The van der Waals surface area contributed by atoms with Crippen LogP contribution < -0.4 is 5.73 Å². The summed E-state index contributed by atoms with van der Waals surface area (Å²) in [6.45, 7) is 11.9. The van der Waals surface area contributed by atoms with Gasteiger partial charge in [-0.2, -0.15) is 0 Å². The topological polar surface area (TPSA) is 26.0 Å². The molecular weight excluding hydrogens is 182 g/mol. The van der Waals surface area contributed by atoms with E-state index in [1.807, 2.05) is 0 Å². The molecule has 1 aromatic carbocycles. The van der Waals surface area contributed by atoms with Crippen LogP contribution in [0.4, 0.5) is 0 Å². The SMILES string of the molecule is C=C(CC)c1ccc(C(C)C(=C)N)cc1. The van der Waals surface area contributed by atoms with E-state index in [1.54, 1.807) is 0 Å². The van der Waals surface area contributed by atoms with Gasteiger partial charge in [-0.3, -0.25) is 0 Å². The van der Waals surface area contributed by atoms with Crippen molar-refractivity contribution < 1.29 is 0 Å². The Kier molecular flexibility index (Phi) is 3.73. The zero-order valence-corrected chi connectivity index (χ0v) is 9.59. The first-order valence-electron chi connectivity index (χ1n) is 5.28. The van der Waals surface area contributed by atoms with Crippen LogP contribution in [0.2, 0.25) is 0 Å². The third kappa shape index (κ3) is 2.72. The highest BCUT2D eigenvalue weighted by Crippen LogP contribution is 2.22. The molecule has 0 fully saturated rings. The highest BCUT2D eigenvalue weighted by atomic mass is 14.6. The minimum Gasteiger partial charge on any atom is -0.402 e. The number of benzene rings is 1. The lowest BCUT2D eigenvalue weighted by molar-refractivity contribution is 0.883. The number of nitrogens with two attached hydrogens (primary N) is 1. The Morgan fingerprint density at radius 1 is 1.27 bits per heavy atom. The molecule has 0 aliphatic rings. The van der Waals surface area contributed by atoms with Crippen molar-refractivity contribution in [2.75, 3.05) is 0 Å². The van der Waals surface area contributed by atoms with Crippen LogP contribution >= 0.6 is 0 Å². The predicted octanol–water partition coefficient (Wildman–Crippen LogP) is 3.69. The third-order valence-electron chi connectivity index (χ3n) is 2.80. The highest BCUT2D eigenvalue weighted by molar-refractivity contribution is 5.63. The quantitative estimate of drug-likeness (QED) is 0.790. The van der Waals surface area contributed by atoms with E-state index in [1.165, 1.54) is 16.7 Å². The second-order valence-corrected chi connectivity index (χ2v) is 3.88. The van der Waals surface area contributed by atoms with Crippen molar-refractivity contribution in [1.82, 2.24) is 0 Å². The maximum atomic E-state index is 5.68. The van der Waals surface area contributed by atoms with E-state index in [-0.39, 0.29) is 5.92 Å². The molecule has 0 aliphatic heterocycles. The Labute approximate surface area is 92.3 Å². The van der Waals surface area contributed by atoms with Gasteiger partial charge in [0.15, 0.2) is 0 Å². The standard InChI is InChI=1S/C14H19N/c1-5-10(2)13-6-8-14(9-7-13)11(3)12(4)15/h6-9,11H,2,4-5,15H2,1,3H3. The number of hydrogen-bond donors (Lipinski definition) is 1. The van der Waals surface area contributed by atoms with Crippen LogP contribution in [-0.4, -0.2) is 0 Å². The largest absolute Gasteiger partial charge is 0.402 e. The minimum atomic E-state index is 0.217. The summed E-state index contributed by atoms with van der Waals surface area (Å²) in [4.78, 5) is 0. The summed E-state index contributed by atoms with van der Waals surface area (Å²) in [5.41, 5.74) is 9.96. The van der Waals surface area contributed by atoms with Crippen LogP contribution in [0.25, 0.3) is 5.57 Å². The molecule has 1 rings (SSSR count). The van der Waals surface area contributed by atoms with Crippen LogP contribution in [0.3, 0.4) is 0 Å². The lowest BCUT2D eigenvalue weighted by atomic mass is 9.96. The molecule has 15 heavy (non-hydrogen) atoms. The van der Waals surface area contributed by atoms with Crippen molar-refractivity contribution in [2.45, 2.75) is 26.2 Å². The normalized spacial score (nSPS) is 12.1. The van der Waals surface area contributed by atoms with E-state index in [0.717, 1.165) is 6.42 Å². The Morgan fingerprint density at radius 2 is 1.80 bits per heavy atom. The van der Waals surface area contributed by atoms with Crippen molar-refractivity contribution in [1.29, 1.82) is 0 Å². The zero-order valence-electron chi connectivity index (χ0n) is 9.59. The predicted molar refractivity (Wildman–Crippen MR) is 67.5 cm³/mol. The van der Waals surface area contributed by atoms with Gasteiger partial charge >= 0.3 is 0 Å². The van der Waals surface area contributed by atoms with E-state index in [2.05, 4.69) is 51.3 Å². The van der Waals surface area contributed by atoms with Gasteiger partial charge in [-0.15, -0.1) is 0 Å². The fraction of sp³-hybridized carbons (Fsp3) is 0.286. The summed E-state index contributed by atoms with van der Waals surface area (Å²) in [6.07, 6.45) is 0.985. The second-order valence-electron chi connectivity index (χ2n) is 3.88. The van der Waals surface area contributed by atoms with Crippen LogP contribution in [-0.2, 0) is 0 Å². The second kappa shape index (κ2) is 4.83. The molecule has 1 heteroatoms. The van der Waals surface area contributed by atoms with E-state index in [4.69, 9.17) is 5.73 Å². The monoisotopic (exact) mass is 201 g/mol. The first kappa shape index (κ1) is 11.6. The lowest BCUT2D eigenvalue weighted by Gasteiger charge is -2.12. The van der Waals surface area contributed by atoms with Gasteiger partial charge in [-0.1, -0.05) is 51.3 Å². The van der Waals surface area contributed by atoms with Gasteiger partial charge in [0.2, 0.25) is 0 Å². The molecule has 0 bridgehead atoms. The maximum absolute atomic E-state index is 5.68. The molecule has 0 aromatic heterocycles. The molecular formula is C14H19N. The Balaban J connectivity index is 2.90. The van der Waals surface area contributed by atoms with Crippen LogP contribution in [0.1, 0.15) is 37.3 Å². The molecule has 2 N–H and O–H groups in total. The molecule has 80 valence electrons. The maximum Gasteiger partial charge on any atom is 0.0201 e.